The topological polar surface area (TPSA) is 80.8 Å². The van der Waals surface area contributed by atoms with Gasteiger partial charge in [0.25, 0.3) is 0 Å². The predicted molar refractivity (Wildman–Crippen MR) is 166 cm³/mol. The first kappa shape index (κ1) is 29.7. The van der Waals surface area contributed by atoms with Crippen molar-refractivity contribution in [1.82, 2.24) is 24.2 Å². The molecule has 2 aliphatic rings. The first-order valence-corrected chi connectivity index (χ1v) is 16.6. The number of halogens is 2. The van der Waals surface area contributed by atoms with Gasteiger partial charge in [0.15, 0.2) is 10.1 Å². The molecule has 8 nitrogen and oxygen atoms in total. The minimum absolute atomic E-state index is 0.112. The van der Waals surface area contributed by atoms with Crippen LogP contribution in [0.5, 0.6) is 0 Å². The van der Waals surface area contributed by atoms with E-state index in [1.165, 1.54) is 28.3 Å². The van der Waals surface area contributed by atoms with Crippen LogP contribution in [0.3, 0.4) is 0 Å². The second-order valence-electron chi connectivity index (χ2n) is 11.2. The number of benzene rings is 1. The van der Waals surface area contributed by atoms with Gasteiger partial charge >= 0.3 is 0 Å². The zero-order valence-corrected chi connectivity index (χ0v) is 26.1. The number of fused-ring (bicyclic) bond motifs is 1. The second kappa shape index (κ2) is 12.7. The van der Waals surface area contributed by atoms with Crippen LogP contribution in [0.1, 0.15) is 60.9 Å². The smallest absolute Gasteiger partial charge is 0.236 e. The summed E-state index contributed by atoms with van der Waals surface area (Å²) in [5.41, 5.74) is 2.24. The Hall–Kier alpha value is -3.40. The molecule has 2 aliphatic heterocycles. The van der Waals surface area contributed by atoms with Gasteiger partial charge < -0.3 is 9.80 Å². The SMILES string of the molecule is CCc1nc2sc(C3CCN(CC(=O)N4CCC(F)CC4)CC3)cn2c1N(CC)c1nc(-c2ccc(F)cc2)c(C#N)s1. The maximum atomic E-state index is 13.5. The Bertz CT molecular complexity index is 1620. The number of aryl methyl sites for hydroxylation is 1. The van der Waals surface area contributed by atoms with Crippen molar-refractivity contribution in [3.05, 3.63) is 51.7 Å². The van der Waals surface area contributed by atoms with Crippen molar-refractivity contribution in [2.45, 2.75) is 58.0 Å². The van der Waals surface area contributed by atoms with Crippen molar-refractivity contribution in [2.24, 2.45) is 0 Å². The highest BCUT2D eigenvalue weighted by Crippen LogP contribution is 2.40. The molecule has 5 heterocycles. The van der Waals surface area contributed by atoms with Crippen molar-refractivity contribution in [2.75, 3.05) is 44.2 Å². The Kier molecular flexibility index (Phi) is 8.75. The Balaban J connectivity index is 1.20. The number of amides is 1. The Morgan fingerprint density at radius 1 is 1.07 bits per heavy atom. The van der Waals surface area contributed by atoms with E-state index < -0.39 is 6.17 Å². The number of carbonyl (C=O) groups excluding carboxylic acids is 1. The van der Waals surface area contributed by atoms with E-state index in [9.17, 15) is 18.8 Å². The summed E-state index contributed by atoms with van der Waals surface area (Å²) in [5, 5.41) is 10.6. The van der Waals surface area contributed by atoms with Gasteiger partial charge in [-0.2, -0.15) is 5.26 Å². The second-order valence-corrected chi connectivity index (χ2v) is 13.2. The summed E-state index contributed by atoms with van der Waals surface area (Å²) in [6.07, 6.45) is 5.01. The molecule has 2 fully saturated rings. The van der Waals surface area contributed by atoms with E-state index in [4.69, 9.17) is 9.97 Å². The van der Waals surface area contributed by atoms with E-state index in [1.807, 2.05) is 4.90 Å². The molecular weight excluding hydrogens is 589 g/mol. The monoisotopic (exact) mass is 623 g/mol. The quantitative estimate of drug-likeness (QED) is 0.226. The molecule has 0 atom stereocenters. The number of imidazole rings is 1. The molecule has 6 rings (SSSR count). The number of alkyl halides is 1. The van der Waals surface area contributed by atoms with Gasteiger partial charge in [0.1, 0.15) is 34.4 Å². The Labute approximate surface area is 258 Å². The molecule has 43 heavy (non-hydrogen) atoms. The van der Waals surface area contributed by atoms with Crippen molar-refractivity contribution in [3.8, 4) is 17.3 Å². The molecule has 4 aromatic rings. The Morgan fingerprint density at radius 2 is 1.79 bits per heavy atom. The van der Waals surface area contributed by atoms with Crippen molar-refractivity contribution < 1.29 is 13.6 Å². The Morgan fingerprint density at radius 3 is 2.44 bits per heavy atom. The zero-order valence-electron chi connectivity index (χ0n) is 24.4. The summed E-state index contributed by atoms with van der Waals surface area (Å²) < 4.78 is 29.2. The minimum atomic E-state index is -0.777. The van der Waals surface area contributed by atoms with Gasteiger partial charge in [-0.05, 0) is 82.3 Å². The molecular formula is C31H35F2N7OS2. The molecule has 0 N–H and O–H groups in total. The minimum Gasteiger partial charge on any atom is -0.341 e. The van der Waals surface area contributed by atoms with Gasteiger partial charge in [-0.3, -0.25) is 14.1 Å². The fraction of sp³-hybridized carbons (Fsp3) is 0.484. The van der Waals surface area contributed by atoms with Crippen LogP contribution in [0, 0.1) is 17.1 Å². The summed E-state index contributed by atoms with van der Waals surface area (Å²) in [4.78, 5) is 31.5. The van der Waals surface area contributed by atoms with Crippen LogP contribution in [-0.2, 0) is 11.2 Å². The summed E-state index contributed by atoms with van der Waals surface area (Å²) >= 11 is 3.05. The zero-order chi connectivity index (χ0) is 30.1. The van der Waals surface area contributed by atoms with Crippen LogP contribution in [-0.4, -0.2) is 75.5 Å². The van der Waals surface area contributed by atoms with Gasteiger partial charge in [-0.15, -0.1) is 11.3 Å². The number of nitriles is 1. The van der Waals surface area contributed by atoms with Crippen LogP contribution in [0.2, 0.25) is 0 Å². The normalized spacial score (nSPS) is 17.0. The van der Waals surface area contributed by atoms with E-state index in [0.29, 0.717) is 66.2 Å². The number of piperidine rings is 2. The van der Waals surface area contributed by atoms with Crippen LogP contribution < -0.4 is 4.90 Å². The molecule has 2 saturated heterocycles. The van der Waals surface area contributed by atoms with Crippen LogP contribution in [0.25, 0.3) is 16.2 Å². The highest BCUT2D eigenvalue weighted by atomic mass is 32.1. The summed E-state index contributed by atoms with van der Waals surface area (Å²) in [6, 6.07) is 8.35. The number of carbonyl (C=O) groups is 1. The fourth-order valence-corrected chi connectivity index (χ4v) is 8.17. The first-order valence-electron chi connectivity index (χ1n) is 15.0. The lowest BCUT2D eigenvalue weighted by atomic mass is 9.95. The lowest BCUT2D eigenvalue weighted by Gasteiger charge is -2.34. The third-order valence-corrected chi connectivity index (χ3v) is 10.6. The van der Waals surface area contributed by atoms with E-state index in [2.05, 4.69) is 40.3 Å². The first-order chi connectivity index (χ1) is 20.9. The number of likely N-dealkylation sites (tertiary alicyclic amines) is 2. The number of rotatable bonds is 8. The number of nitrogens with zero attached hydrogens (tertiary/aromatic N) is 7. The highest BCUT2D eigenvalue weighted by molar-refractivity contribution is 7.17. The molecule has 0 unspecified atom stereocenters. The maximum Gasteiger partial charge on any atom is 0.236 e. The standard InChI is InChI=1S/C31H35F2N7OS2/c1-3-24-29(39(4-2)31-36-28(25(17-34)42-31)21-5-7-22(32)8-6-21)40-18-26(43-30(40)35-24)20-9-13-37(14-10-20)19-27(41)38-15-11-23(33)12-16-38/h5-8,18,20,23H,3-4,9-16,19H2,1-2H3. The van der Waals surface area contributed by atoms with Crippen molar-refractivity contribution >= 4 is 44.5 Å². The number of thiazole rings is 2. The average Bonchev–Trinajstić information content (AvgIpc) is 3.72. The molecule has 12 heteroatoms. The van der Waals surface area contributed by atoms with E-state index in [-0.39, 0.29) is 11.7 Å². The van der Waals surface area contributed by atoms with Gasteiger partial charge in [-0.1, -0.05) is 18.3 Å². The number of hydrogen-bond acceptors (Lipinski definition) is 8. The van der Waals surface area contributed by atoms with Gasteiger partial charge in [0.2, 0.25) is 5.91 Å². The lowest BCUT2D eigenvalue weighted by Crippen LogP contribution is -2.46. The molecule has 3 aromatic heterocycles. The number of anilines is 2. The van der Waals surface area contributed by atoms with E-state index in [0.717, 1.165) is 48.8 Å². The van der Waals surface area contributed by atoms with Crippen LogP contribution in [0.4, 0.5) is 19.7 Å². The number of aromatic nitrogens is 3. The number of hydrogen-bond donors (Lipinski definition) is 0. The molecule has 226 valence electrons. The lowest BCUT2D eigenvalue weighted by molar-refractivity contribution is -0.134. The molecule has 0 aliphatic carbocycles. The van der Waals surface area contributed by atoms with E-state index >= 15 is 0 Å². The highest BCUT2D eigenvalue weighted by Gasteiger charge is 2.29. The van der Waals surface area contributed by atoms with Gasteiger partial charge in [0.05, 0.1) is 12.2 Å². The predicted octanol–water partition coefficient (Wildman–Crippen LogP) is 6.39. The summed E-state index contributed by atoms with van der Waals surface area (Å²) in [7, 11) is 0. The fourth-order valence-electron chi connectivity index (χ4n) is 6.05. The van der Waals surface area contributed by atoms with Crippen LogP contribution >= 0.6 is 22.7 Å². The molecule has 1 amide bonds. The van der Waals surface area contributed by atoms with E-state index in [1.54, 1.807) is 23.5 Å². The largest absolute Gasteiger partial charge is 0.341 e. The maximum absolute atomic E-state index is 13.5. The molecule has 0 bridgehead atoms. The summed E-state index contributed by atoms with van der Waals surface area (Å²) in [5.74, 6) is 1.14. The summed E-state index contributed by atoms with van der Waals surface area (Å²) in [6.45, 7) is 7.96. The molecule has 0 radical (unpaired) electrons. The van der Waals surface area contributed by atoms with Gasteiger partial charge in [-0.25, -0.2) is 18.7 Å². The molecule has 0 spiro atoms. The van der Waals surface area contributed by atoms with Crippen LogP contribution in [0.15, 0.2) is 30.5 Å². The molecule has 0 saturated carbocycles. The average molecular weight is 624 g/mol. The van der Waals surface area contributed by atoms with Crippen molar-refractivity contribution in [1.29, 1.82) is 5.26 Å². The van der Waals surface area contributed by atoms with Gasteiger partial charge in [0, 0.05) is 36.3 Å². The van der Waals surface area contributed by atoms with Crippen molar-refractivity contribution in [3.63, 3.8) is 0 Å². The molecule has 1 aromatic carbocycles. The third-order valence-electron chi connectivity index (χ3n) is 8.49. The third kappa shape index (κ3) is 6.03.